The van der Waals surface area contributed by atoms with E-state index in [9.17, 15) is 9.59 Å². The molecule has 0 bridgehead atoms. The average Bonchev–Trinajstić information content (AvgIpc) is 3.02. The van der Waals surface area contributed by atoms with Crippen molar-refractivity contribution in [2.75, 3.05) is 27.2 Å². The van der Waals surface area contributed by atoms with Gasteiger partial charge in [-0.25, -0.2) is 0 Å². The number of furan rings is 1. The first-order chi connectivity index (χ1) is 10.6. The maximum absolute atomic E-state index is 12.3. The fourth-order valence-corrected chi connectivity index (χ4v) is 3.01. The first kappa shape index (κ1) is 15.1. The van der Waals surface area contributed by atoms with E-state index in [0.29, 0.717) is 25.6 Å². The highest BCUT2D eigenvalue weighted by atomic mass is 16.3. The molecule has 1 saturated carbocycles. The summed E-state index contributed by atoms with van der Waals surface area (Å²) >= 11 is 0. The Kier molecular flexibility index (Phi) is 4.20. The molecule has 1 aromatic rings. The van der Waals surface area contributed by atoms with Gasteiger partial charge in [-0.15, -0.1) is 0 Å². The van der Waals surface area contributed by atoms with E-state index in [1.165, 1.54) is 0 Å². The number of nitrogens with one attached hydrogen (secondary N) is 1. The molecular formula is C16H23N3O3. The Morgan fingerprint density at radius 1 is 1.50 bits per heavy atom. The van der Waals surface area contributed by atoms with Gasteiger partial charge in [-0.2, -0.15) is 0 Å². The second-order valence-electron chi connectivity index (χ2n) is 6.42. The van der Waals surface area contributed by atoms with E-state index in [1.807, 2.05) is 36.0 Å². The maximum atomic E-state index is 12.3. The molecule has 120 valence electrons. The molecule has 2 aliphatic rings. The van der Waals surface area contributed by atoms with Crippen molar-refractivity contribution in [3.8, 4) is 0 Å². The van der Waals surface area contributed by atoms with E-state index in [-0.39, 0.29) is 23.8 Å². The summed E-state index contributed by atoms with van der Waals surface area (Å²) < 4.78 is 5.43. The van der Waals surface area contributed by atoms with Gasteiger partial charge in [0.2, 0.25) is 11.8 Å². The molecule has 0 radical (unpaired) electrons. The first-order valence-electron chi connectivity index (χ1n) is 7.83. The molecule has 0 aromatic carbocycles. The van der Waals surface area contributed by atoms with Crippen LogP contribution in [0.25, 0.3) is 0 Å². The number of amides is 2. The van der Waals surface area contributed by atoms with E-state index >= 15 is 0 Å². The van der Waals surface area contributed by atoms with Crippen LogP contribution < -0.4 is 5.32 Å². The summed E-state index contributed by atoms with van der Waals surface area (Å²) in [5, 5.41) is 2.98. The lowest BCUT2D eigenvalue weighted by atomic mass is 10.1. The number of nitrogens with zero attached hydrogens (tertiary/aromatic N) is 2. The summed E-state index contributed by atoms with van der Waals surface area (Å²) in [6, 6.07) is 4.14. The summed E-state index contributed by atoms with van der Waals surface area (Å²) in [5.41, 5.74) is 0. The van der Waals surface area contributed by atoms with Crippen LogP contribution in [0.15, 0.2) is 22.8 Å². The minimum Gasteiger partial charge on any atom is -0.468 e. The molecule has 6 heteroatoms. The first-order valence-corrected chi connectivity index (χ1v) is 7.83. The lowest BCUT2D eigenvalue weighted by molar-refractivity contribution is -0.129. The fraction of sp³-hybridized carbons (Fsp3) is 0.625. The van der Waals surface area contributed by atoms with Gasteiger partial charge in [0, 0.05) is 25.6 Å². The SMILES string of the molecule is CN(C)[C@H](CNC(=O)[C@@H]1CC(=O)N(C2CC2)C1)c1ccco1. The van der Waals surface area contributed by atoms with Crippen LogP contribution in [0.3, 0.4) is 0 Å². The third-order valence-electron chi connectivity index (χ3n) is 4.48. The number of likely N-dealkylation sites (N-methyl/N-ethyl adjacent to an activating group) is 1. The van der Waals surface area contributed by atoms with Crippen LogP contribution in [0.5, 0.6) is 0 Å². The van der Waals surface area contributed by atoms with E-state index in [4.69, 9.17) is 4.42 Å². The third-order valence-corrected chi connectivity index (χ3v) is 4.48. The molecule has 1 aliphatic carbocycles. The summed E-state index contributed by atoms with van der Waals surface area (Å²) in [6.45, 7) is 1.05. The van der Waals surface area contributed by atoms with Crippen molar-refractivity contribution in [1.82, 2.24) is 15.1 Å². The van der Waals surface area contributed by atoms with Crippen LogP contribution >= 0.6 is 0 Å². The topological polar surface area (TPSA) is 65.8 Å². The second-order valence-corrected chi connectivity index (χ2v) is 6.42. The number of carbonyl (C=O) groups is 2. The predicted molar refractivity (Wildman–Crippen MR) is 81.0 cm³/mol. The summed E-state index contributed by atoms with van der Waals surface area (Å²) in [5.74, 6) is 0.702. The molecule has 0 unspecified atom stereocenters. The van der Waals surface area contributed by atoms with Gasteiger partial charge in [0.05, 0.1) is 18.2 Å². The average molecular weight is 305 g/mol. The van der Waals surface area contributed by atoms with Gasteiger partial charge < -0.3 is 14.6 Å². The minimum absolute atomic E-state index is 0.00408. The number of likely N-dealkylation sites (tertiary alicyclic amines) is 1. The summed E-state index contributed by atoms with van der Waals surface area (Å²) in [6.07, 6.45) is 4.15. The molecule has 1 saturated heterocycles. The van der Waals surface area contributed by atoms with Crippen molar-refractivity contribution in [2.24, 2.45) is 5.92 Å². The molecule has 0 spiro atoms. The zero-order valence-corrected chi connectivity index (χ0v) is 13.1. The van der Waals surface area contributed by atoms with Gasteiger partial charge in [0.15, 0.2) is 0 Å². The zero-order valence-electron chi connectivity index (χ0n) is 13.1. The van der Waals surface area contributed by atoms with Crippen LogP contribution in [0.1, 0.15) is 31.1 Å². The van der Waals surface area contributed by atoms with E-state index in [2.05, 4.69) is 5.32 Å². The third kappa shape index (κ3) is 3.16. The van der Waals surface area contributed by atoms with Gasteiger partial charge in [-0.3, -0.25) is 14.5 Å². The van der Waals surface area contributed by atoms with E-state index in [0.717, 1.165) is 18.6 Å². The Hall–Kier alpha value is -1.82. The molecule has 2 atom stereocenters. The smallest absolute Gasteiger partial charge is 0.225 e. The quantitative estimate of drug-likeness (QED) is 0.852. The van der Waals surface area contributed by atoms with Gasteiger partial charge in [-0.05, 0) is 39.1 Å². The van der Waals surface area contributed by atoms with E-state index < -0.39 is 0 Å². The molecule has 2 fully saturated rings. The van der Waals surface area contributed by atoms with Crippen molar-refractivity contribution in [3.63, 3.8) is 0 Å². The molecule has 6 nitrogen and oxygen atoms in total. The van der Waals surface area contributed by atoms with Crippen molar-refractivity contribution in [3.05, 3.63) is 24.2 Å². The van der Waals surface area contributed by atoms with Crippen molar-refractivity contribution in [1.29, 1.82) is 0 Å². The number of carbonyl (C=O) groups excluding carboxylic acids is 2. The highest BCUT2D eigenvalue weighted by Crippen LogP contribution is 2.32. The minimum atomic E-state index is -0.215. The Morgan fingerprint density at radius 3 is 2.86 bits per heavy atom. The standard InChI is InChI=1S/C16H23N3O3/c1-18(2)13(14-4-3-7-22-14)9-17-16(21)11-8-15(20)19(10-11)12-5-6-12/h3-4,7,11-13H,5-6,8-10H2,1-2H3,(H,17,21)/t11-,13-/m1/s1. The molecule has 3 rings (SSSR count). The largest absolute Gasteiger partial charge is 0.468 e. The Morgan fingerprint density at radius 2 is 2.27 bits per heavy atom. The highest BCUT2D eigenvalue weighted by Gasteiger charge is 2.41. The predicted octanol–water partition coefficient (Wildman–Crippen LogP) is 1.01. The second kappa shape index (κ2) is 6.12. The normalized spacial score (nSPS) is 23.1. The van der Waals surface area contributed by atoms with Crippen LogP contribution in [-0.4, -0.2) is 54.8 Å². The van der Waals surface area contributed by atoms with E-state index in [1.54, 1.807) is 6.26 Å². The molecule has 1 N–H and O–H groups in total. The maximum Gasteiger partial charge on any atom is 0.225 e. The summed E-state index contributed by atoms with van der Waals surface area (Å²) in [7, 11) is 3.90. The highest BCUT2D eigenvalue weighted by molar-refractivity contribution is 5.89. The van der Waals surface area contributed by atoms with Crippen LogP contribution in [0.2, 0.25) is 0 Å². The van der Waals surface area contributed by atoms with Gasteiger partial charge in [0.1, 0.15) is 5.76 Å². The van der Waals surface area contributed by atoms with Crippen LogP contribution in [0, 0.1) is 5.92 Å². The lowest BCUT2D eigenvalue weighted by Gasteiger charge is -2.23. The van der Waals surface area contributed by atoms with Crippen molar-refractivity contribution in [2.45, 2.75) is 31.3 Å². The molecule has 2 heterocycles. The van der Waals surface area contributed by atoms with Gasteiger partial charge >= 0.3 is 0 Å². The van der Waals surface area contributed by atoms with Crippen LogP contribution in [-0.2, 0) is 9.59 Å². The monoisotopic (exact) mass is 305 g/mol. The number of rotatable bonds is 6. The van der Waals surface area contributed by atoms with Gasteiger partial charge in [-0.1, -0.05) is 0 Å². The van der Waals surface area contributed by atoms with Crippen LogP contribution in [0.4, 0.5) is 0 Å². The fourth-order valence-electron chi connectivity index (χ4n) is 3.01. The lowest BCUT2D eigenvalue weighted by Crippen LogP contribution is -2.38. The Labute approximate surface area is 130 Å². The molecule has 2 amide bonds. The molecule has 1 aliphatic heterocycles. The van der Waals surface area contributed by atoms with Crippen molar-refractivity contribution < 1.29 is 14.0 Å². The summed E-state index contributed by atoms with van der Waals surface area (Å²) in [4.78, 5) is 28.1. The zero-order chi connectivity index (χ0) is 15.7. The molecule has 1 aromatic heterocycles. The molecular weight excluding hydrogens is 282 g/mol. The van der Waals surface area contributed by atoms with Gasteiger partial charge in [0.25, 0.3) is 0 Å². The van der Waals surface area contributed by atoms with Crippen molar-refractivity contribution >= 4 is 11.8 Å². The molecule has 22 heavy (non-hydrogen) atoms. The Balaban J connectivity index is 1.54. The number of hydrogen-bond donors (Lipinski definition) is 1. The Bertz CT molecular complexity index is 537. The number of hydrogen-bond acceptors (Lipinski definition) is 4.